The summed E-state index contributed by atoms with van der Waals surface area (Å²) in [6.45, 7) is 4.01. The van der Waals surface area contributed by atoms with Gasteiger partial charge in [-0.15, -0.1) is 0 Å². The molecule has 0 spiro atoms. The minimum Gasteiger partial charge on any atom is -0.325 e. The summed E-state index contributed by atoms with van der Waals surface area (Å²) in [6, 6.07) is 31.0. The lowest BCUT2D eigenvalue weighted by Crippen LogP contribution is -2.30. The van der Waals surface area contributed by atoms with E-state index in [-0.39, 0.29) is 17.6 Å². The third-order valence-electron chi connectivity index (χ3n) is 5.93. The molecule has 0 saturated heterocycles. The molecule has 0 fully saturated rings. The molecule has 7 heteroatoms. The second kappa shape index (κ2) is 10.7. The van der Waals surface area contributed by atoms with Crippen molar-refractivity contribution in [3.63, 3.8) is 0 Å². The highest BCUT2D eigenvalue weighted by atomic mass is 32.2. The quantitative estimate of drug-likeness (QED) is 0.216. The van der Waals surface area contributed by atoms with Crippen LogP contribution < -0.4 is 15.0 Å². The van der Waals surface area contributed by atoms with Gasteiger partial charge in [0, 0.05) is 17.4 Å². The maximum absolute atomic E-state index is 13.7. The molecule has 2 amide bonds. The van der Waals surface area contributed by atoms with Gasteiger partial charge in [0.25, 0.3) is 11.3 Å². The average Bonchev–Trinajstić information content (AvgIpc) is 3.25. The van der Waals surface area contributed by atoms with E-state index in [1.807, 2.05) is 126 Å². The number of aryl methyl sites for hydroxylation is 2. The van der Waals surface area contributed by atoms with Gasteiger partial charge in [0.2, 0.25) is 10.9 Å². The number of para-hydroxylation sites is 1. The fourth-order valence-electron chi connectivity index (χ4n) is 4.08. The van der Waals surface area contributed by atoms with Crippen LogP contribution in [-0.2, 0) is 4.79 Å². The highest BCUT2D eigenvalue weighted by Gasteiger charge is 2.32. The lowest BCUT2D eigenvalue weighted by molar-refractivity contribution is -0.514. The number of carbonyl (C=O) groups is 2. The monoisotopic (exact) mass is 507 g/mol. The van der Waals surface area contributed by atoms with Gasteiger partial charge in [-0.2, -0.15) is 8.97 Å². The number of carbonyl (C=O) groups excluding carboxylic acids is 2. The molecule has 2 N–H and O–H groups in total. The Morgan fingerprint density at radius 2 is 1.35 bits per heavy atom. The van der Waals surface area contributed by atoms with Crippen LogP contribution in [0.3, 0.4) is 0 Å². The standard InChI is InChI=1S/C30H26N4O2S/c1-21-11-15-23(16-12-21)31-26(35)20-37-30-28(29(36)32-24-17-13-22(2)14-18-24)33-19-7-6-10-27(33)34(30)25-8-4-3-5-9-25/h3-19H,20H2,1-2H3,(H-,31,32,35,36)/p+1. The first-order valence-electron chi connectivity index (χ1n) is 12.0. The normalized spacial score (nSPS) is 10.9. The minimum absolute atomic E-state index is 0.141. The zero-order valence-electron chi connectivity index (χ0n) is 20.6. The maximum atomic E-state index is 13.7. The van der Waals surface area contributed by atoms with Gasteiger partial charge in [-0.05, 0) is 56.3 Å². The van der Waals surface area contributed by atoms with E-state index in [1.165, 1.54) is 11.8 Å². The van der Waals surface area contributed by atoms with Gasteiger partial charge in [0.15, 0.2) is 0 Å². The van der Waals surface area contributed by atoms with Crippen LogP contribution in [0.25, 0.3) is 11.3 Å². The first-order valence-corrected chi connectivity index (χ1v) is 13.0. The van der Waals surface area contributed by atoms with Gasteiger partial charge in [-0.25, -0.2) is 0 Å². The highest BCUT2D eigenvalue weighted by molar-refractivity contribution is 8.00. The molecular weight excluding hydrogens is 480 g/mol. The molecule has 0 aliphatic carbocycles. The van der Waals surface area contributed by atoms with Crippen molar-refractivity contribution in [3.05, 3.63) is 120 Å². The van der Waals surface area contributed by atoms with E-state index in [0.29, 0.717) is 16.4 Å². The van der Waals surface area contributed by atoms with E-state index < -0.39 is 0 Å². The lowest BCUT2D eigenvalue weighted by Gasteiger charge is -2.07. The summed E-state index contributed by atoms with van der Waals surface area (Å²) in [7, 11) is 0. The van der Waals surface area contributed by atoms with Crippen LogP contribution in [0.2, 0.25) is 0 Å². The van der Waals surface area contributed by atoms with Crippen LogP contribution >= 0.6 is 11.8 Å². The van der Waals surface area contributed by atoms with Crippen LogP contribution in [0.15, 0.2) is 108 Å². The predicted molar refractivity (Wildman–Crippen MR) is 149 cm³/mol. The van der Waals surface area contributed by atoms with E-state index in [0.717, 1.165) is 28.1 Å². The Kier molecular flexibility index (Phi) is 7.05. The molecule has 0 unspecified atom stereocenters. The number of benzene rings is 3. The summed E-state index contributed by atoms with van der Waals surface area (Å²) in [5, 5.41) is 6.66. The Labute approximate surface area is 220 Å². The molecule has 0 bridgehead atoms. The van der Waals surface area contributed by atoms with Crippen LogP contribution in [-0.4, -0.2) is 22.1 Å². The maximum Gasteiger partial charge on any atom is 0.301 e. The summed E-state index contributed by atoms with van der Waals surface area (Å²) < 4.78 is 3.89. The molecule has 0 atom stereocenters. The Morgan fingerprint density at radius 1 is 0.757 bits per heavy atom. The van der Waals surface area contributed by atoms with Crippen LogP contribution in [0.1, 0.15) is 21.6 Å². The molecule has 2 aromatic heterocycles. The van der Waals surface area contributed by atoms with Gasteiger partial charge in [-0.3, -0.25) is 9.59 Å². The molecule has 184 valence electrons. The van der Waals surface area contributed by atoms with Crippen LogP contribution in [0.5, 0.6) is 0 Å². The number of thioether (sulfide) groups is 1. The third-order valence-corrected chi connectivity index (χ3v) is 6.98. The number of anilines is 2. The molecule has 5 aromatic rings. The number of hydrogen-bond donors (Lipinski definition) is 2. The largest absolute Gasteiger partial charge is 0.325 e. The summed E-state index contributed by atoms with van der Waals surface area (Å²) in [5.41, 5.74) is 5.89. The summed E-state index contributed by atoms with van der Waals surface area (Å²) in [5.74, 6) is -0.252. The molecule has 0 aliphatic rings. The van der Waals surface area contributed by atoms with Gasteiger partial charge in [0.1, 0.15) is 5.69 Å². The number of aromatic nitrogens is 2. The van der Waals surface area contributed by atoms with Gasteiger partial charge in [0.05, 0.1) is 11.9 Å². The molecule has 2 heterocycles. The van der Waals surface area contributed by atoms with Gasteiger partial charge >= 0.3 is 5.91 Å². The Hall–Kier alpha value is -4.36. The second-order valence-electron chi connectivity index (χ2n) is 8.78. The fourth-order valence-corrected chi connectivity index (χ4v) is 5.08. The number of nitrogens with one attached hydrogen (secondary N) is 2. The van der Waals surface area contributed by atoms with Gasteiger partial charge < -0.3 is 10.6 Å². The number of imidazole rings is 1. The van der Waals surface area contributed by atoms with E-state index >= 15 is 0 Å². The molecule has 37 heavy (non-hydrogen) atoms. The molecule has 5 rings (SSSR count). The van der Waals surface area contributed by atoms with Gasteiger partial charge in [-0.1, -0.05) is 71.4 Å². The molecule has 0 radical (unpaired) electrons. The molecule has 6 nitrogen and oxygen atoms in total. The Balaban J connectivity index is 1.53. The number of nitrogens with zero attached hydrogens (tertiary/aromatic N) is 2. The first kappa shape index (κ1) is 24.3. The van der Waals surface area contributed by atoms with Crippen molar-refractivity contribution in [1.29, 1.82) is 0 Å². The van der Waals surface area contributed by atoms with Crippen LogP contribution in [0, 0.1) is 13.8 Å². The highest BCUT2D eigenvalue weighted by Crippen LogP contribution is 2.29. The number of amides is 2. The molecule has 0 saturated carbocycles. The van der Waals surface area contributed by atoms with Crippen molar-refractivity contribution in [2.24, 2.45) is 0 Å². The zero-order valence-corrected chi connectivity index (χ0v) is 21.5. The zero-order chi connectivity index (χ0) is 25.8. The van der Waals surface area contributed by atoms with Crippen molar-refractivity contribution in [3.8, 4) is 5.69 Å². The summed E-state index contributed by atoms with van der Waals surface area (Å²) in [6.07, 6.45) is 1.87. The van der Waals surface area contributed by atoms with Crippen molar-refractivity contribution in [2.75, 3.05) is 16.4 Å². The number of rotatable bonds is 7. The number of hydrogen-bond acceptors (Lipinski definition) is 3. The Bertz CT molecular complexity index is 1560. The van der Waals surface area contributed by atoms with E-state index in [2.05, 4.69) is 10.6 Å². The smallest absolute Gasteiger partial charge is 0.301 e. The van der Waals surface area contributed by atoms with E-state index in [4.69, 9.17) is 0 Å². The summed E-state index contributed by atoms with van der Waals surface area (Å²) >= 11 is 1.34. The SMILES string of the molecule is Cc1ccc(NC(=O)CSc2c(C(=O)Nc3ccc(C)cc3)[n+]3ccccc3n2-c2ccccc2)cc1. The molecular formula is C30H27N4O2S+. The molecule has 0 aliphatic heterocycles. The van der Waals surface area contributed by atoms with Crippen molar-refractivity contribution < 1.29 is 14.0 Å². The first-order chi connectivity index (χ1) is 18.0. The summed E-state index contributed by atoms with van der Waals surface area (Å²) in [4.78, 5) is 26.6. The van der Waals surface area contributed by atoms with Crippen molar-refractivity contribution >= 4 is 40.6 Å². The van der Waals surface area contributed by atoms with Crippen molar-refractivity contribution in [1.82, 2.24) is 4.57 Å². The Morgan fingerprint density at radius 3 is 2.00 bits per heavy atom. The fraction of sp³-hybridized carbons (Fsp3) is 0.100. The minimum atomic E-state index is -0.249. The van der Waals surface area contributed by atoms with E-state index in [1.54, 1.807) is 0 Å². The van der Waals surface area contributed by atoms with Crippen molar-refractivity contribution in [2.45, 2.75) is 18.9 Å². The second-order valence-corrected chi connectivity index (χ2v) is 9.74. The predicted octanol–water partition coefficient (Wildman–Crippen LogP) is 5.82. The topological polar surface area (TPSA) is 67.2 Å². The number of fused-ring (bicyclic) bond motifs is 1. The van der Waals surface area contributed by atoms with E-state index in [9.17, 15) is 9.59 Å². The molecule has 3 aromatic carbocycles. The third kappa shape index (κ3) is 5.42. The lowest BCUT2D eigenvalue weighted by atomic mass is 10.2. The van der Waals surface area contributed by atoms with Crippen LogP contribution in [0.4, 0.5) is 11.4 Å². The average molecular weight is 508 g/mol. The number of pyridine rings is 1.